The lowest BCUT2D eigenvalue weighted by molar-refractivity contribution is -0.141. The van der Waals surface area contributed by atoms with Crippen LogP contribution in [0, 0.1) is 22.7 Å². The van der Waals surface area contributed by atoms with E-state index in [0.29, 0.717) is 33.0 Å². The maximum atomic E-state index is 14.7. The molecule has 2 aliphatic heterocycles. The SMILES string of the molecule is CC[C@H](C)[C@H](NC(=O)[C@@H](NC(=O)c1ccc(Br)c(Cl)c1)C(C)(C)C)C(=O)N[C@H](C(=O)N[C@H](C(=O)N[C@H](C(=O)NCC(=O)N1CCC[C@H]1C(=O)N[C@@H](Cc1c[nH]cn1)C(=O)N[C@@H](CCC(=O)O)C(=O)N[C@@H](CCC(=O)O)C(=O)N[C@@H](Cc1ccc(O)cc1)C(=O)N[C@@H](CCCCNC(=S)Nc1ccc(-c2c3ccc(=O)cc-3oc3cc(O)ccc23)c(C(=O)O)c1)C(N)=O)[C@@H](C)O)[C@@H](C)CC)C(C)(C)C. The number of phenols is 2. The number of aromatic nitrogens is 2. The molecule has 44 heteroatoms. The molecule has 138 heavy (non-hydrogen) atoms. The van der Waals surface area contributed by atoms with Crippen molar-refractivity contribution in [2.75, 3.05) is 25.0 Å². The number of fused-ring (bicyclic) bond motifs is 2. The summed E-state index contributed by atoms with van der Waals surface area (Å²) >= 11 is 15.1. The lowest BCUT2D eigenvalue weighted by atomic mass is 9.84. The zero-order valence-corrected chi connectivity index (χ0v) is 81.1. The van der Waals surface area contributed by atoms with E-state index in [4.69, 9.17) is 34.0 Å². The minimum absolute atomic E-state index is 0.00746. The number of benzene rings is 5. The Labute approximate surface area is 813 Å². The van der Waals surface area contributed by atoms with E-state index in [1.54, 1.807) is 93.5 Å². The third kappa shape index (κ3) is 31.2. The van der Waals surface area contributed by atoms with Gasteiger partial charge in [0, 0.05) is 89.3 Å². The van der Waals surface area contributed by atoms with Gasteiger partial charge in [-0.05, 0) is 181 Å². The van der Waals surface area contributed by atoms with Crippen LogP contribution in [0.1, 0.15) is 179 Å². The normalized spacial score (nSPS) is 15.4. The van der Waals surface area contributed by atoms with Gasteiger partial charge in [-0.3, -0.25) is 76.7 Å². The molecule has 5 aromatic rings. The third-order valence-corrected chi connectivity index (χ3v) is 24.9. The fourth-order valence-corrected chi connectivity index (χ4v) is 15.9. The number of aromatic amines is 1. The first-order valence-corrected chi connectivity index (χ1v) is 46.4. The summed E-state index contributed by atoms with van der Waals surface area (Å²) in [4.78, 5) is 243. The lowest BCUT2D eigenvalue weighted by Crippen LogP contribution is -2.64. The number of carboxylic acid groups (broad SMARTS) is 3. The first kappa shape index (κ1) is 110. The molecule has 0 unspecified atom stereocenters. The van der Waals surface area contributed by atoms with Crippen molar-refractivity contribution in [3.63, 3.8) is 0 Å². The Kier molecular flexibility index (Phi) is 39.6. The second-order valence-electron chi connectivity index (χ2n) is 36.1. The highest BCUT2D eigenvalue weighted by Crippen LogP contribution is 2.43. The summed E-state index contributed by atoms with van der Waals surface area (Å²) in [6.07, 6.45) is -1.57. The number of thiocarbonyl (C=S) groups is 1. The van der Waals surface area contributed by atoms with Gasteiger partial charge < -0.3 is 120 Å². The van der Waals surface area contributed by atoms with Crippen LogP contribution < -0.4 is 80.3 Å². The number of aromatic carboxylic acids is 1. The van der Waals surface area contributed by atoms with Gasteiger partial charge in [-0.15, -0.1) is 0 Å². The summed E-state index contributed by atoms with van der Waals surface area (Å²) in [6.45, 7) is 17.4. The molecule has 41 nitrogen and oxygen atoms in total. The minimum atomic E-state index is -1.88. The van der Waals surface area contributed by atoms with Crippen molar-refractivity contribution in [1.82, 2.24) is 78.7 Å². The van der Waals surface area contributed by atoms with Crippen LogP contribution >= 0.6 is 39.7 Å². The fraction of sp³-hybridized carbons (Fsp3) is 0.457. The summed E-state index contributed by atoms with van der Waals surface area (Å²) in [5, 5.41) is 96.8. The van der Waals surface area contributed by atoms with Crippen LogP contribution in [-0.4, -0.2) is 238 Å². The molecule has 1 aromatic heterocycles. The molecule has 3 aliphatic rings. The standard InChI is InChI=1S/C94H119BrClN17O24S/c1-12-46(3)74(108-90(134)78(94(9,10)11)112-88(132)75(47(4)13-2)109-89(133)77(93(6,7)8)111-80(124)50-21-30-60(95)61(96)38-50)87(131)110-76(48(5)114)86(130)100-44-70(118)113-36-16-18-67(113)85(129)107-66(40-52-43-98-45-101-52)84(128)105-63(31-33-71(119)120)81(125)104-64(32-34-72(121)122)82(126)106-65(37-49-19-23-53(115)24-20-49)83(127)103-62(79(97)123)17-14-15-35-99-92(138)102-51-22-27-56(59(39-51)91(135)136)73-57-28-25-54(116)41-68(57)137-69-42-55(117)26-29-58(69)73/h19-30,38-39,41-43,45-48,62-67,74-78,114-116H,12-18,31-37,40,44H2,1-11H3,(H2,97,123)(H,98,101)(H,100,130)(H,103,127)(H,104,125)(H,105,128)(H,106,126)(H,107,129)(H,108,134)(H,109,133)(H,110,131)(H,111,124)(H,112,132)(H,119,120)(H,121,122)(H,135,136)(H2,99,102,138)/t46-,47-,48+,62-,63-,64-,65-,66-,67-,74-,75-,76-,77+,78+/m0/s1. The van der Waals surface area contributed by atoms with E-state index in [0.717, 1.165) is 4.90 Å². The average molecular weight is 2020 g/mol. The number of H-pyrrole nitrogens is 1. The van der Waals surface area contributed by atoms with E-state index in [1.807, 2.05) is 0 Å². The first-order valence-electron chi connectivity index (χ1n) is 44.8. The van der Waals surface area contributed by atoms with Gasteiger partial charge in [-0.25, -0.2) is 9.78 Å². The van der Waals surface area contributed by atoms with E-state index >= 15 is 0 Å². The third-order valence-electron chi connectivity index (χ3n) is 23.4. The van der Waals surface area contributed by atoms with Gasteiger partial charge in [-0.1, -0.05) is 112 Å². The summed E-state index contributed by atoms with van der Waals surface area (Å²) in [6, 6.07) is 5.87. The van der Waals surface area contributed by atoms with E-state index in [9.17, 15) is 112 Å². The van der Waals surface area contributed by atoms with Crippen molar-refractivity contribution in [2.24, 2.45) is 28.4 Å². The Bertz CT molecular complexity index is 5670. The number of unbranched alkanes of at least 4 members (excludes halogenated alkanes) is 1. The molecule has 14 atom stereocenters. The summed E-state index contributed by atoms with van der Waals surface area (Å²) in [5.74, 6) is -17.9. The molecule has 1 fully saturated rings. The predicted molar refractivity (Wildman–Crippen MR) is 513 cm³/mol. The molecule has 4 aromatic carbocycles. The predicted octanol–water partition coefficient (Wildman–Crippen LogP) is 4.80. The Morgan fingerprint density at radius 2 is 1.14 bits per heavy atom. The van der Waals surface area contributed by atoms with Crippen LogP contribution in [0.15, 0.2) is 123 Å². The highest BCUT2D eigenvalue weighted by atomic mass is 79.9. The molecule has 3 heterocycles. The van der Waals surface area contributed by atoms with Crippen molar-refractivity contribution in [3.8, 4) is 33.9 Å². The fourth-order valence-electron chi connectivity index (χ4n) is 15.3. The molecule has 744 valence electrons. The number of phenolic OH excluding ortho intramolecular Hbond substituents is 2. The molecule has 1 saturated heterocycles. The highest BCUT2D eigenvalue weighted by Gasteiger charge is 2.44. The highest BCUT2D eigenvalue weighted by molar-refractivity contribution is 9.10. The Morgan fingerprint density at radius 1 is 0.594 bits per heavy atom. The van der Waals surface area contributed by atoms with Gasteiger partial charge in [0.15, 0.2) is 10.5 Å². The number of amides is 13. The number of aromatic hydroxyl groups is 2. The number of hydrogen-bond donors (Lipinski definition) is 21. The van der Waals surface area contributed by atoms with Crippen molar-refractivity contribution in [1.29, 1.82) is 0 Å². The molecule has 8 rings (SSSR count). The van der Waals surface area contributed by atoms with Crippen LogP contribution in [0.3, 0.4) is 0 Å². The second-order valence-corrected chi connectivity index (χ2v) is 37.8. The van der Waals surface area contributed by atoms with Gasteiger partial charge in [0.1, 0.15) is 89.3 Å². The molecule has 1 aliphatic carbocycles. The molecule has 22 N–H and O–H groups in total. The number of anilines is 1. The molecule has 0 radical (unpaired) electrons. The number of aliphatic hydroxyl groups excluding tert-OH is 1. The number of nitrogens with two attached hydrogens (primary N) is 1. The van der Waals surface area contributed by atoms with Gasteiger partial charge >= 0.3 is 17.9 Å². The van der Waals surface area contributed by atoms with Crippen molar-refractivity contribution < 1.29 is 112 Å². The number of nitrogens with one attached hydrogen (secondary N) is 14. The maximum Gasteiger partial charge on any atom is 0.336 e. The number of rotatable bonds is 47. The Hall–Kier alpha value is -13.7. The Balaban J connectivity index is 0.895. The number of hydrogen-bond acceptors (Lipinski definition) is 23. The number of imidazole rings is 1. The first-order chi connectivity index (χ1) is 65.0. The van der Waals surface area contributed by atoms with Crippen molar-refractivity contribution >= 4 is 156 Å². The van der Waals surface area contributed by atoms with Crippen LogP contribution in [0.5, 0.6) is 11.5 Å². The summed E-state index contributed by atoms with van der Waals surface area (Å²) in [7, 11) is 0. The van der Waals surface area contributed by atoms with Crippen molar-refractivity contribution in [2.45, 2.75) is 232 Å². The number of primary amides is 1. The van der Waals surface area contributed by atoms with E-state index < -0.39 is 229 Å². The molecule has 13 amide bonds. The number of likely N-dealkylation sites (tertiary alicyclic amines) is 1. The number of carbonyl (C=O) groups excluding carboxylic acids is 13. The smallest absolute Gasteiger partial charge is 0.336 e. The molecular formula is C94H119BrClN17O24S. The number of halogens is 2. The molecule has 0 spiro atoms. The van der Waals surface area contributed by atoms with Gasteiger partial charge in [-0.2, -0.15) is 0 Å². The number of nitrogens with zero attached hydrogens (tertiary/aromatic N) is 2. The van der Waals surface area contributed by atoms with Crippen LogP contribution in [-0.2, 0) is 80.0 Å². The van der Waals surface area contributed by atoms with Gasteiger partial charge in [0.25, 0.3) is 5.91 Å². The number of carboxylic acids is 3. The van der Waals surface area contributed by atoms with Crippen molar-refractivity contribution in [3.05, 3.63) is 152 Å². The van der Waals surface area contributed by atoms with Crippen LogP contribution in [0.2, 0.25) is 5.02 Å². The molecule has 0 saturated carbocycles. The summed E-state index contributed by atoms with van der Waals surface area (Å²) < 4.78 is 6.47. The van der Waals surface area contributed by atoms with Gasteiger partial charge in [0.05, 0.1) is 35.3 Å². The zero-order chi connectivity index (χ0) is 102. The number of aliphatic hydroxyl groups is 1. The van der Waals surface area contributed by atoms with E-state index in [1.165, 1.54) is 92.2 Å². The van der Waals surface area contributed by atoms with Gasteiger partial charge in [0.2, 0.25) is 70.9 Å². The zero-order valence-electron chi connectivity index (χ0n) is 78.0. The number of aliphatic carboxylic acids is 2. The topological polar surface area (TPSA) is 639 Å². The van der Waals surface area contributed by atoms with E-state index in [-0.39, 0.29) is 125 Å². The Morgan fingerprint density at radius 3 is 1.70 bits per heavy atom. The summed E-state index contributed by atoms with van der Waals surface area (Å²) in [5.41, 5.74) is 5.55. The monoisotopic (exact) mass is 2020 g/mol. The largest absolute Gasteiger partial charge is 0.508 e. The quantitative estimate of drug-likeness (QED) is 0.0138. The number of carbonyl (C=O) groups is 16. The van der Waals surface area contributed by atoms with Crippen LogP contribution in [0.25, 0.3) is 33.4 Å². The van der Waals surface area contributed by atoms with E-state index in [2.05, 4.69) is 95.0 Å². The molecule has 0 bridgehead atoms. The lowest BCUT2D eigenvalue weighted by Gasteiger charge is -2.36. The second kappa shape index (κ2) is 49.9. The molecular weight excluding hydrogens is 1900 g/mol. The van der Waals surface area contributed by atoms with Crippen LogP contribution in [0.4, 0.5) is 5.69 Å². The average Bonchev–Trinajstić information content (AvgIpc) is 0.870. The minimum Gasteiger partial charge on any atom is -0.508 e. The maximum absolute atomic E-state index is 14.7.